The van der Waals surface area contributed by atoms with Crippen LogP contribution in [0.5, 0.6) is 5.75 Å². The molecule has 18 heavy (non-hydrogen) atoms. The van der Waals surface area contributed by atoms with Gasteiger partial charge in [-0.1, -0.05) is 24.3 Å². The first-order valence-electron chi connectivity index (χ1n) is 6.90. The van der Waals surface area contributed by atoms with Crippen LogP contribution in [0.3, 0.4) is 0 Å². The van der Waals surface area contributed by atoms with E-state index < -0.39 is 0 Å². The molecule has 2 aliphatic rings. The number of ether oxygens (including phenoxy) is 1. The summed E-state index contributed by atoms with van der Waals surface area (Å²) in [5, 5.41) is 3.75. The molecule has 0 bridgehead atoms. The highest BCUT2D eigenvalue weighted by Crippen LogP contribution is 2.38. The Hall–Kier alpha value is -1.28. The largest absolute Gasteiger partial charge is 0.497 e. The molecule has 96 valence electrons. The van der Waals surface area contributed by atoms with Crippen LogP contribution >= 0.6 is 0 Å². The van der Waals surface area contributed by atoms with E-state index in [-0.39, 0.29) is 0 Å². The molecule has 0 atom stereocenters. The molecule has 0 heterocycles. The fourth-order valence-electron chi connectivity index (χ4n) is 3.01. The van der Waals surface area contributed by atoms with Crippen molar-refractivity contribution in [3.05, 3.63) is 42.0 Å². The standard InChI is InChI=1S/C16H21NO/c1-18-16-8-4-5-12(11-16)13-9-15(10-13)17-14-6-2-3-7-14/h2-5,8,11,13-15,17H,6-7,9-10H2,1H3. The zero-order chi connectivity index (χ0) is 12.4. The smallest absolute Gasteiger partial charge is 0.119 e. The molecule has 0 radical (unpaired) electrons. The highest BCUT2D eigenvalue weighted by atomic mass is 16.5. The molecule has 3 rings (SSSR count). The van der Waals surface area contributed by atoms with Crippen molar-refractivity contribution in [2.24, 2.45) is 0 Å². The second-order valence-corrected chi connectivity index (χ2v) is 5.45. The van der Waals surface area contributed by atoms with Gasteiger partial charge in [-0.2, -0.15) is 0 Å². The number of methoxy groups -OCH3 is 1. The number of nitrogens with one attached hydrogen (secondary N) is 1. The van der Waals surface area contributed by atoms with Gasteiger partial charge in [0.1, 0.15) is 5.75 Å². The molecule has 0 saturated heterocycles. The average molecular weight is 243 g/mol. The van der Waals surface area contributed by atoms with Crippen LogP contribution in [0.25, 0.3) is 0 Å². The lowest BCUT2D eigenvalue weighted by Gasteiger charge is -2.38. The summed E-state index contributed by atoms with van der Waals surface area (Å²) < 4.78 is 5.28. The van der Waals surface area contributed by atoms with Crippen LogP contribution in [0.1, 0.15) is 37.2 Å². The normalized spacial score (nSPS) is 27.2. The Morgan fingerprint density at radius 3 is 2.61 bits per heavy atom. The average Bonchev–Trinajstić information content (AvgIpc) is 2.86. The third-order valence-electron chi connectivity index (χ3n) is 4.18. The van der Waals surface area contributed by atoms with Crippen molar-refractivity contribution in [2.45, 2.75) is 43.7 Å². The third kappa shape index (κ3) is 2.44. The molecule has 1 aromatic rings. The fraction of sp³-hybridized carbons (Fsp3) is 0.500. The van der Waals surface area contributed by atoms with Crippen LogP contribution < -0.4 is 10.1 Å². The Balaban J connectivity index is 1.51. The summed E-state index contributed by atoms with van der Waals surface area (Å²) in [5.74, 6) is 1.69. The van der Waals surface area contributed by atoms with Crippen LogP contribution in [0.4, 0.5) is 0 Å². The van der Waals surface area contributed by atoms with Gasteiger partial charge in [0.05, 0.1) is 7.11 Å². The SMILES string of the molecule is COc1cccc(C2CC(NC3CC=CC3)C2)c1. The summed E-state index contributed by atoms with van der Waals surface area (Å²) in [5.41, 5.74) is 1.43. The predicted octanol–water partition coefficient (Wildman–Crippen LogP) is 3.25. The first-order chi connectivity index (χ1) is 8.85. The molecule has 1 saturated carbocycles. The second-order valence-electron chi connectivity index (χ2n) is 5.45. The van der Waals surface area contributed by atoms with Gasteiger partial charge in [-0.05, 0) is 49.3 Å². The fourth-order valence-corrected chi connectivity index (χ4v) is 3.01. The number of benzene rings is 1. The Morgan fingerprint density at radius 2 is 1.89 bits per heavy atom. The Kier molecular flexibility index (Phi) is 3.37. The van der Waals surface area contributed by atoms with Gasteiger partial charge in [-0.3, -0.25) is 0 Å². The quantitative estimate of drug-likeness (QED) is 0.820. The maximum Gasteiger partial charge on any atom is 0.119 e. The molecule has 0 aromatic heterocycles. The molecule has 0 amide bonds. The van der Waals surface area contributed by atoms with Crippen molar-refractivity contribution in [1.29, 1.82) is 0 Å². The van der Waals surface area contributed by atoms with E-state index in [1.807, 2.05) is 6.07 Å². The molecule has 0 aliphatic heterocycles. The van der Waals surface area contributed by atoms with Crippen LogP contribution in [0.15, 0.2) is 36.4 Å². The molecule has 1 fully saturated rings. The van der Waals surface area contributed by atoms with Crippen LogP contribution in [-0.4, -0.2) is 19.2 Å². The third-order valence-corrected chi connectivity index (χ3v) is 4.18. The summed E-state index contributed by atoms with van der Waals surface area (Å²) in [4.78, 5) is 0. The molecule has 0 unspecified atom stereocenters. The zero-order valence-electron chi connectivity index (χ0n) is 10.9. The minimum Gasteiger partial charge on any atom is -0.497 e. The number of rotatable bonds is 4. The van der Waals surface area contributed by atoms with Crippen LogP contribution in [0, 0.1) is 0 Å². The van der Waals surface area contributed by atoms with E-state index in [4.69, 9.17) is 4.74 Å². The van der Waals surface area contributed by atoms with Gasteiger partial charge < -0.3 is 10.1 Å². The van der Waals surface area contributed by atoms with E-state index in [1.54, 1.807) is 7.11 Å². The molecule has 2 heteroatoms. The summed E-state index contributed by atoms with van der Waals surface area (Å²) in [7, 11) is 1.73. The molecular weight excluding hydrogens is 222 g/mol. The van der Waals surface area contributed by atoms with Crippen molar-refractivity contribution < 1.29 is 4.74 Å². The monoisotopic (exact) mass is 243 g/mol. The Bertz CT molecular complexity index is 426. The van der Waals surface area contributed by atoms with Gasteiger partial charge in [0.2, 0.25) is 0 Å². The molecule has 1 N–H and O–H groups in total. The first-order valence-corrected chi connectivity index (χ1v) is 6.90. The zero-order valence-corrected chi connectivity index (χ0v) is 10.9. The van der Waals surface area contributed by atoms with Crippen molar-refractivity contribution in [1.82, 2.24) is 5.32 Å². The van der Waals surface area contributed by atoms with Crippen molar-refractivity contribution in [3.63, 3.8) is 0 Å². The van der Waals surface area contributed by atoms with Gasteiger partial charge in [-0.15, -0.1) is 0 Å². The first kappa shape index (κ1) is 11.8. The van der Waals surface area contributed by atoms with Gasteiger partial charge in [0.25, 0.3) is 0 Å². The van der Waals surface area contributed by atoms with Gasteiger partial charge in [0, 0.05) is 12.1 Å². The second kappa shape index (κ2) is 5.15. The molecule has 0 spiro atoms. The predicted molar refractivity (Wildman–Crippen MR) is 74.1 cm³/mol. The summed E-state index contributed by atoms with van der Waals surface area (Å²) in [6.07, 6.45) is 9.53. The van der Waals surface area contributed by atoms with E-state index in [0.29, 0.717) is 18.0 Å². The van der Waals surface area contributed by atoms with Gasteiger partial charge >= 0.3 is 0 Å². The lowest BCUT2D eigenvalue weighted by molar-refractivity contribution is 0.266. The highest BCUT2D eigenvalue weighted by molar-refractivity contribution is 5.32. The Morgan fingerprint density at radius 1 is 1.11 bits per heavy atom. The summed E-state index contributed by atoms with van der Waals surface area (Å²) in [6.45, 7) is 0. The maximum absolute atomic E-state index is 5.28. The lowest BCUT2D eigenvalue weighted by atomic mass is 9.75. The minimum atomic E-state index is 0.696. The molecular formula is C16H21NO. The minimum absolute atomic E-state index is 0.696. The van der Waals surface area contributed by atoms with Crippen LogP contribution in [-0.2, 0) is 0 Å². The van der Waals surface area contributed by atoms with E-state index in [9.17, 15) is 0 Å². The van der Waals surface area contributed by atoms with E-state index in [2.05, 4.69) is 35.7 Å². The highest BCUT2D eigenvalue weighted by Gasteiger charge is 2.31. The maximum atomic E-state index is 5.28. The molecule has 2 nitrogen and oxygen atoms in total. The number of hydrogen-bond donors (Lipinski definition) is 1. The van der Waals surface area contributed by atoms with Crippen molar-refractivity contribution in [2.75, 3.05) is 7.11 Å². The van der Waals surface area contributed by atoms with Gasteiger partial charge in [-0.25, -0.2) is 0 Å². The van der Waals surface area contributed by atoms with Crippen molar-refractivity contribution in [3.8, 4) is 5.75 Å². The summed E-state index contributed by atoms with van der Waals surface area (Å²) >= 11 is 0. The van der Waals surface area contributed by atoms with E-state index in [0.717, 1.165) is 5.75 Å². The van der Waals surface area contributed by atoms with E-state index in [1.165, 1.54) is 31.2 Å². The van der Waals surface area contributed by atoms with Gasteiger partial charge in [0.15, 0.2) is 0 Å². The number of hydrogen-bond acceptors (Lipinski definition) is 2. The Labute approximate surface area is 109 Å². The molecule has 2 aliphatic carbocycles. The van der Waals surface area contributed by atoms with Crippen molar-refractivity contribution >= 4 is 0 Å². The topological polar surface area (TPSA) is 21.3 Å². The lowest BCUT2D eigenvalue weighted by Crippen LogP contribution is -2.44. The van der Waals surface area contributed by atoms with Crippen LogP contribution in [0.2, 0.25) is 0 Å². The van der Waals surface area contributed by atoms with E-state index >= 15 is 0 Å². The molecule has 1 aromatic carbocycles. The summed E-state index contributed by atoms with van der Waals surface area (Å²) in [6, 6.07) is 9.92.